The minimum Gasteiger partial charge on any atom is -0.493 e. The molecule has 0 fully saturated rings. The lowest BCUT2D eigenvalue weighted by atomic mass is 10.1. The van der Waals surface area contributed by atoms with E-state index in [1.165, 1.54) is 0 Å². The highest BCUT2D eigenvalue weighted by Crippen LogP contribution is 2.43. The van der Waals surface area contributed by atoms with E-state index in [-0.39, 0.29) is 6.79 Å². The zero-order valence-corrected chi connectivity index (χ0v) is 13.0. The number of fused-ring (bicyclic) bond motifs is 1. The minimum absolute atomic E-state index is 0.194. The van der Waals surface area contributed by atoms with Gasteiger partial charge in [0.05, 0.1) is 12.8 Å². The van der Waals surface area contributed by atoms with Crippen LogP contribution >= 0.6 is 0 Å². The molecule has 0 atom stereocenters. The molecule has 0 saturated heterocycles. The van der Waals surface area contributed by atoms with Crippen molar-refractivity contribution in [1.29, 1.82) is 0 Å². The van der Waals surface area contributed by atoms with Gasteiger partial charge in [0.15, 0.2) is 11.5 Å². The number of nitrogens with zero attached hydrogens (tertiary/aromatic N) is 2. The van der Waals surface area contributed by atoms with Crippen LogP contribution in [0.25, 0.3) is 11.3 Å². The third kappa shape index (κ3) is 2.69. The van der Waals surface area contributed by atoms with E-state index in [1.54, 1.807) is 13.3 Å². The molecule has 4 rings (SSSR count). The summed E-state index contributed by atoms with van der Waals surface area (Å²) in [6.07, 6.45) is 1.71. The van der Waals surface area contributed by atoms with Crippen molar-refractivity contribution >= 4 is 11.6 Å². The molecule has 2 heterocycles. The molecule has 24 heavy (non-hydrogen) atoms. The van der Waals surface area contributed by atoms with E-state index in [0.717, 1.165) is 16.9 Å². The smallest absolute Gasteiger partial charge is 0.231 e. The molecular formula is C18H15N3O3. The number of ether oxygens (including phenoxy) is 3. The van der Waals surface area contributed by atoms with E-state index in [9.17, 15) is 0 Å². The van der Waals surface area contributed by atoms with Crippen LogP contribution < -0.4 is 19.5 Å². The SMILES string of the molecule is COc1cc(-c2ccnc(Nc3ccccc3)n2)cc2c1OCO2. The lowest BCUT2D eigenvalue weighted by Crippen LogP contribution is -1.98. The molecule has 1 N–H and O–H groups in total. The van der Waals surface area contributed by atoms with Crippen LogP contribution in [0.2, 0.25) is 0 Å². The molecular weight excluding hydrogens is 306 g/mol. The zero-order valence-electron chi connectivity index (χ0n) is 13.0. The molecule has 3 aromatic rings. The van der Waals surface area contributed by atoms with Crippen LogP contribution in [0.3, 0.4) is 0 Å². The van der Waals surface area contributed by atoms with Crippen molar-refractivity contribution in [2.75, 3.05) is 19.2 Å². The molecule has 120 valence electrons. The maximum absolute atomic E-state index is 5.47. The van der Waals surface area contributed by atoms with Crippen LogP contribution in [0.5, 0.6) is 17.2 Å². The standard InChI is InChI=1S/C18H15N3O3/c1-22-15-9-12(10-16-17(15)24-11-23-16)14-7-8-19-18(21-14)20-13-5-3-2-4-6-13/h2-10H,11H2,1H3,(H,19,20,21). The highest BCUT2D eigenvalue weighted by atomic mass is 16.7. The number of methoxy groups -OCH3 is 1. The predicted octanol–water partition coefficient (Wildman–Crippen LogP) is 3.62. The van der Waals surface area contributed by atoms with E-state index in [0.29, 0.717) is 23.2 Å². The number of hydrogen-bond donors (Lipinski definition) is 1. The summed E-state index contributed by atoms with van der Waals surface area (Å²) in [7, 11) is 1.60. The summed E-state index contributed by atoms with van der Waals surface area (Å²) in [6, 6.07) is 15.4. The third-order valence-electron chi connectivity index (χ3n) is 3.64. The number of nitrogens with one attached hydrogen (secondary N) is 1. The minimum atomic E-state index is 0.194. The second-order valence-electron chi connectivity index (χ2n) is 5.17. The van der Waals surface area contributed by atoms with Gasteiger partial charge < -0.3 is 19.5 Å². The number of aromatic nitrogens is 2. The molecule has 0 spiro atoms. The second-order valence-corrected chi connectivity index (χ2v) is 5.17. The maximum Gasteiger partial charge on any atom is 0.231 e. The van der Waals surface area contributed by atoms with Gasteiger partial charge in [-0.3, -0.25) is 0 Å². The van der Waals surface area contributed by atoms with Crippen LogP contribution in [0.4, 0.5) is 11.6 Å². The zero-order chi connectivity index (χ0) is 16.4. The molecule has 0 aliphatic carbocycles. The molecule has 0 amide bonds. The van der Waals surface area contributed by atoms with E-state index < -0.39 is 0 Å². The monoisotopic (exact) mass is 321 g/mol. The third-order valence-corrected chi connectivity index (χ3v) is 3.64. The van der Waals surface area contributed by atoms with Gasteiger partial charge >= 0.3 is 0 Å². The first kappa shape index (κ1) is 14.3. The molecule has 0 unspecified atom stereocenters. The van der Waals surface area contributed by atoms with E-state index in [2.05, 4.69) is 15.3 Å². The topological polar surface area (TPSA) is 65.5 Å². The van der Waals surface area contributed by atoms with Crippen molar-refractivity contribution in [2.45, 2.75) is 0 Å². The Morgan fingerprint density at radius 2 is 1.96 bits per heavy atom. The number of benzene rings is 2. The first-order chi connectivity index (χ1) is 11.8. The van der Waals surface area contributed by atoms with Gasteiger partial charge in [-0.05, 0) is 30.3 Å². The quantitative estimate of drug-likeness (QED) is 0.791. The van der Waals surface area contributed by atoms with Crippen molar-refractivity contribution in [2.24, 2.45) is 0 Å². The number of anilines is 2. The summed E-state index contributed by atoms with van der Waals surface area (Å²) in [6.45, 7) is 0.194. The summed E-state index contributed by atoms with van der Waals surface area (Å²) in [5.41, 5.74) is 2.56. The first-order valence-corrected chi connectivity index (χ1v) is 7.46. The van der Waals surface area contributed by atoms with Crippen molar-refractivity contribution < 1.29 is 14.2 Å². The van der Waals surface area contributed by atoms with Gasteiger partial charge in [-0.25, -0.2) is 9.97 Å². The van der Waals surface area contributed by atoms with Crippen LogP contribution in [-0.2, 0) is 0 Å². The van der Waals surface area contributed by atoms with E-state index >= 15 is 0 Å². The maximum atomic E-state index is 5.47. The van der Waals surface area contributed by atoms with Crippen LogP contribution in [0, 0.1) is 0 Å². The Kier molecular flexibility index (Phi) is 3.63. The molecule has 1 aliphatic heterocycles. The van der Waals surface area contributed by atoms with Gasteiger partial charge in [-0.1, -0.05) is 18.2 Å². The lowest BCUT2D eigenvalue weighted by Gasteiger charge is -2.09. The molecule has 1 aliphatic rings. The average Bonchev–Trinajstić information content (AvgIpc) is 3.10. The van der Waals surface area contributed by atoms with Gasteiger partial charge in [0.25, 0.3) is 0 Å². The molecule has 0 saturated carbocycles. The normalized spacial score (nSPS) is 12.0. The number of hydrogen-bond acceptors (Lipinski definition) is 6. The van der Waals surface area contributed by atoms with Crippen molar-refractivity contribution in [1.82, 2.24) is 9.97 Å². The summed E-state index contributed by atoms with van der Waals surface area (Å²) >= 11 is 0. The Bertz CT molecular complexity index is 869. The number of para-hydroxylation sites is 1. The van der Waals surface area contributed by atoms with E-state index in [1.807, 2.05) is 48.5 Å². The molecule has 0 bridgehead atoms. The fraction of sp³-hybridized carbons (Fsp3) is 0.111. The second kappa shape index (κ2) is 6.08. The van der Waals surface area contributed by atoms with Gasteiger partial charge in [0.1, 0.15) is 0 Å². The Labute approximate surface area is 139 Å². The number of rotatable bonds is 4. The lowest BCUT2D eigenvalue weighted by molar-refractivity contribution is 0.171. The fourth-order valence-corrected chi connectivity index (χ4v) is 2.51. The van der Waals surface area contributed by atoms with Gasteiger partial charge in [0.2, 0.25) is 18.5 Å². The summed E-state index contributed by atoms with van der Waals surface area (Å²) in [5.74, 6) is 2.42. The first-order valence-electron chi connectivity index (χ1n) is 7.46. The fourth-order valence-electron chi connectivity index (χ4n) is 2.51. The van der Waals surface area contributed by atoms with Crippen LogP contribution in [-0.4, -0.2) is 23.9 Å². The van der Waals surface area contributed by atoms with Crippen molar-refractivity contribution in [3.05, 3.63) is 54.7 Å². The molecule has 2 aromatic carbocycles. The summed E-state index contributed by atoms with van der Waals surface area (Å²) in [4.78, 5) is 8.83. The summed E-state index contributed by atoms with van der Waals surface area (Å²) in [5, 5.41) is 3.19. The Balaban J connectivity index is 1.69. The highest BCUT2D eigenvalue weighted by molar-refractivity contribution is 5.70. The highest BCUT2D eigenvalue weighted by Gasteiger charge is 2.21. The Morgan fingerprint density at radius 3 is 2.79 bits per heavy atom. The van der Waals surface area contributed by atoms with E-state index in [4.69, 9.17) is 14.2 Å². The molecule has 0 radical (unpaired) electrons. The van der Waals surface area contributed by atoms with Crippen molar-refractivity contribution in [3.8, 4) is 28.5 Å². The van der Waals surface area contributed by atoms with Gasteiger partial charge in [-0.15, -0.1) is 0 Å². The Hall–Kier alpha value is -3.28. The van der Waals surface area contributed by atoms with Crippen molar-refractivity contribution in [3.63, 3.8) is 0 Å². The molecule has 6 nitrogen and oxygen atoms in total. The van der Waals surface area contributed by atoms with Gasteiger partial charge in [0, 0.05) is 17.4 Å². The Morgan fingerprint density at radius 1 is 1.08 bits per heavy atom. The van der Waals surface area contributed by atoms with Gasteiger partial charge in [-0.2, -0.15) is 0 Å². The van der Waals surface area contributed by atoms with Crippen LogP contribution in [0.1, 0.15) is 0 Å². The molecule has 1 aromatic heterocycles. The largest absolute Gasteiger partial charge is 0.493 e. The predicted molar refractivity (Wildman–Crippen MR) is 89.9 cm³/mol. The molecule has 6 heteroatoms. The van der Waals surface area contributed by atoms with Crippen LogP contribution in [0.15, 0.2) is 54.7 Å². The summed E-state index contributed by atoms with van der Waals surface area (Å²) < 4.78 is 16.3. The average molecular weight is 321 g/mol.